The van der Waals surface area contributed by atoms with Gasteiger partial charge < -0.3 is 10.5 Å². The van der Waals surface area contributed by atoms with Gasteiger partial charge in [0.05, 0.1) is 15.7 Å². The van der Waals surface area contributed by atoms with Gasteiger partial charge in [0.15, 0.2) is 0 Å². The molecule has 21 heavy (non-hydrogen) atoms. The molecule has 0 radical (unpaired) electrons. The van der Waals surface area contributed by atoms with E-state index < -0.39 is 0 Å². The van der Waals surface area contributed by atoms with Crippen LogP contribution in [0.15, 0.2) is 16.6 Å². The summed E-state index contributed by atoms with van der Waals surface area (Å²) in [6.45, 7) is 3.88. The molecule has 7 heteroatoms. The third-order valence-corrected chi connectivity index (χ3v) is 4.49. The van der Waals surface area contributed by atoms with Gasteiger partial charge in [-0.25, -0.2) is 4.68 Å². The lowest BCUT2D eigenvalue weighted by molar-refractivity contribution is 0.424. The molecule has 0 saturated carbocycles. The molecule has 1 aromatic heterocycles. The molecule has 1 heterocycles. The van der Waals surface area contributed by atoms with E-state index in [2.05, 4.69) is 21.0 Å². The predicted octanol–water partition coefficient (Wildman–Crippen LogP) is 4.48. The van der Waals surface area contributed by atoms with Crippen molar-refractivity contribution < 1.29 is 4.74 Å². The number of hydrogen-bond donors (Lipinski definition) is 1. The second-order valence-corrected chi connectivity index (χ2v) is 6.64. The van der Waals surface area contributed by atoms with Crippen LogP contribution in [0.5, 0.6) is 11.6 Å². The first-order chi connectivity index (χ1) is 9.79. The lowest BCUT2D eigenvalue weighted by Gasteiger charge is -2.12. The van der Waals surface area contributed by atoms with Crippen LogP contribution in [0.3, 0.4) is 0 Å². The number of nitrogens with two attached hydrogens (primary N) is 1. The van der Waals surface area contributed by atoms with Crippen molar-refractivity contribution in [1.82, 2.24) is 9.78 Å². The van der Waals surface area contributed by atoms with Gasteiger partial charge in [0.1, 0.15) is 5.75 Å². The van der Waals surface area contributed by atoms with E-state index in [1.807, 2.05) is 20.9 Å². The molecular formula is C14H16BrCl2N3O. The predicted molar refractivity (Wildman–Crippen MR) is 89.5 cm³/mol. The van der Waals surface area contributed by atoms with Gasteiger partial charge in [-0.15, -0.1) is 0 Å². The lowest BCUT2D eigenvalue weighted by Crippen LogP contribution is -2.18. The minimum Gasteiger partial charge on any atom is -0.437 e. The topological polar surface area (TPSA) is 53.1 Å². The van der Waals surface area contributed by atoms with Gasteiger partial charge in [0, 0.05) is 29.2 Å². The molecule has 2 rings (SSSR count). The first-order valence-corrected chi connectivity index (χ1v) is 7.95. The quantitative estimate of drug-likeness (QED) is 0.780. The van der Waals surface area contributed by atoms with Gasteiger partial charge in [-0.2, -0.15) is 5.10 Å². The number of rotatable bonds is 4. The molecule has 2 aromatic rings. The van der Waals surface area contributed by atoms with Gasteiger partial charge in [-0.3, -0.25) is 0 Å². The molecule has 0 bridgehead atoms. The molecule has 1 aromatic carbocycles. The molecule has 114 valence electrons. The molecule has 0 aliphatic rings. The van der Waals surface area contributed by atoms with E-state index in [-0.39, 0.29) is 6.04 Å². The highest BCUT2D eigenvalue weighted by molar-refractivity contribution is 9.10. The van der Waals surface area contributed by atoms with Crippen LogP contribution in [0.2, 0.25) is 10.0 Å². The van der Waals surface area contributed by atoms with E-state index in [0.717, 1.165) is 15.7 Å². The van der Waals surface area contributed by atoms with E-state index in [9.17, 15) is 0 Å². The summed E-state index contributed by atoms with van der Waals surface area (Å²) in [4.78, 5) is 0. The molecule has 2 N–H and O–H groups in total. The Labute approximate surface area is 142 Å². The average Bonchev–Trinajstić information content (AvgIpc) is 2.62. The van der Waals surface area contributed by atoms with Crippen LogP contribution in [0.25, 0.3) is 0 Å². The van der Waals surface area contributed by atoms with E-state index in [4.69, 9.17) is 33.7 Å². The fraction of sp³-hybridized carbons (Fsp3) is 0.357. The normalized spacial score (nSPS) is 12.5. The Bertz CT molecular complexity index is 671. The highest BCUT2D eigenvalue weighted by atomic mass is 79.9. The van der Waals surface area contributed by atoms with Crippen LogP contribution in [-0.4, -0.2) is 15.8 Å². The molecule has 0 saturated heterocycles. The molecule has 1 atom stereocenters. The third-order valence-electron chi connectivity index (χ3n) is 3.00. The van der Waals surface area contributed by atoms with Crippen LogP contribution in [-0.2, 0) is 13.5 Å². The Balaban J connectivity index is 2.42. The van der Waals surface area contributed by atoms with Crippen molar-refractivity contribution in [2.24, 2.45) is 12.8 Å². The molecule has 1 unspecified atom stereocenters. The van der Waals surface area contributed by atoms with Crippen molar-refractivity contribution in [2.45, 2.75) is 26.3 Å². The number of nitrogens with zero attached hydrogens (tertiary/aromatic N) is 2. The maximum absolute atomic E-state index is 6.20. The van der Waals surface area contributed by atoms with Crippen LogP contribution < -0.4 is 10.5 Å². The third kappa shape index (κ3) is 3.72. The van der Waals surface area contributed by atoms with Gasteiger partial charge in [-0.1, -0.05) is 23.2 Å². The fourth-order valence-corrected chi connectivity index (χ4v) is 2.88. The highest BCUT2D eigenvalue weighted by Crippen LogP contribution is 2.37. The highest BCUT2D eigenvalue weighted by Gasteiger charge is 2.18. The van der Waals surface area contributed by atoms with Crippen LogP contribution in [0, 0.1) is 6.92 Å². The number of ether oxygens (including phenoxy) is 1. The summed E-state index contributed by atoms with van der Waals surface area (Å²) in [5, 5.41) is 5.38. The monoisotopic (exact) mass is 391 g/mol. The fourth-order valence-electron chi connectivity index (χ4n) is 2.05. The van der Waals surface area contributed by atoms with E-state index >= 15 is 0 Å². The summed E-state index contributed by atoms with van der Waals surface area (Å²) < 4.78 is 8.34. The Morgan fingerprint density at radius 2 is 2.05 bits per heavy atom. The first-order valence-electron chi connectivity index (χ1n) is 6.40. The second kappa shape index (κ2) is 6.57. The van der Waals surface area contributed by atoms with Crippen molar-refractivity contribution in [3.8, 4) is 11.6 Å². The zero-order chi connectivity index (χ0) is 15.7. The van der Waals surface area contributed by atoms with Crippen LogP contribution >= 0.6 is 39.1 Å². The minimum absolute atomic E-state index is 0.0132. The molecule has 0 spiro atoms. The number of benzene rings is 1. The maximum Gasteiger partial charge on any atom is 0.221 e. The molecular weight excluding hydrogens is 377 g/mol. The summed E-state index contributed by atoms with van der Waals surface area (Å²) in [6.07, 6.45) is 0.677. The Hall–Kier alpha value is -0.750. The second-order valence-electron chi connectivity index (χ2n) is 4.97. The summed E-state index contributed by atoms with van der Waals surface area (Å²) in [7, 11) is 1.82. The average molecular weight is 393 g/mol. The SMILES string of the molecule is Cc1nn(C)c(Oc2cc(Cl)c(Br)cc2Cl)c1CC(C)N. The van der Waals surface area contributed by atoms with Crippen molar-refractivity contribution in [1.29, 1.82) is 0 Å². The molecule has 4 nitrogen and oxygen atoms in total. The molecule has 0 aliphatic carbocycles. The van der Waals surface area contributed by atoms with Gasteiger partial charge in [0.2, 0.25) is 5.88 Å². The largest absolute Gasteiger partial charge is 0.437 e. The minimum atomic E-state index is 0.0132. The number of hydrogen-bond acceptors (Lipinski definition) is 3. The summed E-state index contributed by atoms with van der Waals surface area (Å²) in [6, 6.07) is 3.39. The lowest BCUT2D eigenvalue weighted by atomic mass is 10.1. The number of halogens is 3. The Morgan fingerprint density at radius 1 is 1.38 bits per heavy atom. The van der Waals surface area contributed by atoms with E-state index in [1.54, 1.807) is 16.8 Å². The summed E-state index contributed by atoms with van der Waals surface area (Å²) in [5.74, 6) is 1.11. The van der Waals surface area contributed by atoms with Crippen molar-refractivity contribution in [2.75, 3.05) is 0 Å². The number of aromatic nitrogens is 2. The zero-order valence-electron chi connectivity index (χ0n) is 12.0. The van der Waals surface area contributed by atoms with Crippen LogP contribution in [0.4, 0.5) is 0 Å². The van der Waals surface area contributed by atoms with Gasteiger partial charge in [0.25, 0.3) is 0 Å². The van der Waals surface area contributed by atoms with E-state index in [0.29, 0.717) is 28.1 Å². The van der Waals surface area contributed by atoms with Gasteiger partial charge >= 0.3 is 0 Å². The summed E-state index contributed by atoms with van der Waals surface area (Å²) in [5.41, 5.74) is 7.76. The van der Waals surface area contributed by atoms with Gasteiger partial charge in [-0.05, 0) is 42.3 Å². The Kier molecular flexibility index (Phi) is 5.20. The maximum atomic E-state index is 6.20. The Morgan fingerprint density at radius 3 is 2.67 bits per heavy atom. The van der Waals surface area contributed by atoms with Crippen molar-refractivity contribution in [3.63, 3.8) is 0 Å². The molecule has 0 amide bonds. The zero-order valence-corrected chi connectivity index (χ0v) is 15.1. The number of aryl methyl sites for hydroxylation is 2. The smallest absolute Gasteiger partial charge is 0.221 e. The van der Waals surface area contributed by atoms with Crippen molar-refractivity contribution in [3.05, 3.63) is 37.9 Å². The molecule has 0 aliphatic heterocycles. The first kappa shape index (κ1) is 16.6. The standard InChI is InChI=1S/C14H16BrCl2N3O/c1-7(18)4-9-8(2)19-20(3)14(9)21-13-6-11(16)10(15)5-12(13)17/h5-7H,4,18H2,1-3H3. The molecule has 0 fully saturated rings. The summed E-state index contributed by atoms with van der Waals surface area (Å²) >= 11 is 15.6. The van der Waals surface area contributed by atoms with Crippen molar-refractivity contribution >= 4 is 39.1 Å². The van der Waals surface area contributed by atoms with Crippen LogP contribution in [0.1, 0.15) is 18.2 Å². The van der Waals surface area contributed by atoms with E-state index in [1.165, 1.54) is 0 Å².